The van der Waals surface area contributed by atoms with E-state index in [1.54, 1.807) is 0 Å². The van der Waals surface area contributed by atoms with Crippen LogP contribution in [0.15, 0.2) is 22.7 Å². The summed E-state index contributed by atoms with van der Waals surface area (Å²) in [6.07, 6.45) is 4.57. The molecule has 1 aliphatic rings. The van der Waals surface area contributed by atoms with Crippen LogP contribution >= 0.6 is 0 Å². The molecule has 0 radical (unpaired) electrons. The Morgan fingerprint density at radius 2 is 2.14 bits per heavy atom. The molecule has 1 unspecified atom stereocenters. The van der Waals surface area contributed by atoms with Crippen LogP contribution < -0.4 is 10.1 Å². The van der Waals surface area contributed by atoms with E-state index in [-0.39, 0.29) is 24.2 Å². The highest BCUT2D eigenvalue weighted by Gasteiger charge is 2.25. The molecule has 1 aliphatic carbocycles. The zero-order valence-electron chi connectivity index (χ0n) is 15.5. The zero-order valence-corrected chi connectivity index (χ0v) is 15.5. The van der Waals surface area contributed by atoms with Gasteiger partial charge in [0.15, 0.2) is 23.4 Å². The van der Waals surface area contributed by atoms with Crippen molar-refractivity contribution in [2.45, 2.75) is 50.5 Å². The maximum Gasteiger partial charge on any atom is 0.330 e. The van der Waals surface area contributed by atoms with Crippen LogP contribution in [0.1, 0.15) is 61.3 Å². The number of carboxylic acid groups (broad SMARTS) is 1. The minimum Gasteiger partial charge on any atom is -0.494 e. The van der Waals surface area contributed by atoms with Crippen molar-refractivity contribution in [3.8, 4) is 5.75 Å². The minimum atomic E-state index is -1.37. The van der Waals surface area contributed by atoms with Crippen LogP contribution in [0.4, 0.5) is 4.39 Å². The van der Waals surface area contributed by atoms with Gasteiger partial charge in [0.05, 0.1) is 7.11 Å². The van der Waals surface area contributed by atoms with Crippen molar-refractivity contribution in [1.29, 1.82) is 0 Å². The topological polar surface area (TPSA) is 115 Å². The summed E-state index contributed by atoms with van der Waals surface area (Å²) in [5.41, 5.74) is 0.112. The molecule has 1 aromatic carbocycles. The fraction of sp³-hybridized carbons (Fsp3) is 0.474. The van der Waals surface area contributed by atoms with Gasteiger partial charge in [-0.1, -0.05) is 24.1 Å². The van der Waals surface area contributed by atoms with E-state index in [4.69, 9.17) is 9.26 Å². The number of amides is 1. The molecule has 1 amide bonds. The molecule has 0 saturated heterocycles. The minimum absolute atomic E-state index is 0.00586. The monoisotopic (exact) mass is 391 g/mol. The van der Waals surface area contributed by atoms with Gasteiger partial charge in [0.25, 0.3) is 0 Å². The number of benzene rings is 1. The van der Waals surface area contributed by atoms with Crippen molar-refractivity contribution in [3.05, 3.63) is 41.3 Å². The number of rotatable bonds is 8. The van der Waals surface area contributed by atoms with E-state index in [0.29, 0.717) is 17.6 Å². The number of halogens is 1. The van der Waals surface area contributed by atoms with E-state index in [2.05, 4.69) is 15.5 Å². The Morgan fingerprint density at radius 3 is 2.79 bits per heavy atom. The van der Waals surface area contributed by atoms with Crippen LogP contribution in [0.5, 0.6) is 5.75 Å². The van der Waals surface area contributed by atoms with E-state index >= 15 is 0 Å². The van der Waals surface area contributed by atoms with Gasteiger partial charge in [0, 0.05) is 18.8 Å². The number of hydrogen-bond donors (Lipinski definition) is 2. The van der Waals surface area contributed by atoms with Gasteiger partial charge in [-0.3, -0.25) is 4.79 Å². The summed E-state index contributed by atoms with van der Waals surface area (Å²) in [5.74, 6) is -1.18. The molecule has 8 nitrogen and oxygen atoms in total. The molecule has 9 heteroatoms. The van der Waals surface area contributed by atoms with E-state index in [0.717, 1.165) is 31.7 Å². The van der Waals surface area contributed by atoms with E-state index in [1.165, 1.54) is 19.2 Å². The number of aryl methyl sites for hydroxylation is 1. The molecule has 2 N–H and O–H groups in total. The summed E-state index contributed by atoms with van der Waals surface area (Å²) in [6, 6.07) is 2.37. The van der Waals surface area contributed by atoms with E-state index in [1.807, 2.05) is 0 Å². The van der Waals surface area contributed by atoms with Crippen LogP contribution in [0.2, 0.25) is 0 Å². The number of aliphatic carboxylic acids is 1. The zero-order chi connectivity index (χ0) is 20.1. The van der Waals surface area contributed by atoms with Crippen molar-refractivity contribution in [3.63, 3.8) is 0 Å². The second-order valence-electron chi connectivity index (χ2n) is 6.76. The molecular formula is C19H22FN3O5. The second-order valence-corrected chi connectivity index (χ2v) is 6.76. The van der Waals surface area contributed by atoms with Crippen LogP contribution in [0.25, 0.3) is 0 Å². The number of nitrogens with zero attached hydrogens (tertiary/aromatic N) is 2. The lowest BCUT2D eigenvalue weighted by atomic mass is 10.1. The fourth-order valence-corrected chi connectivity index (χ4v) is 3.32. The number of nitrogens with one attached hydrogen (secondary N) is 1. The summed E-state index contributed by atoms with van der Waals surface area (Å²) in [5, 5.41) is 15.8. The standard InChI is InChI=1S/C19H22FN3O5/c1-27-14-7-6-12(10-13(14)20)17(19(25)26)21-15(24)8-9-16-22-18(23-28-16)11-4-2-3-5-11/h6-7,10-11,17H,2-5,8-9H2,1H3,(H,21,24)(H,25,26). The normalized spacial score (nSPS) is 15.4. The quantitative estimate of drug-likeness (QED) is 0.711. The molecule has 28 heavy (non-hydrogen) atoms. The molecule has 150 valence electrons. The van der Waals surface area contributed by atoms with Crippen LogP contribution in [0.3, 0.4) is 0 Å². The van der Waals surface area contributed by atoms with Crippen LogP contribution in [-0.4, -0.2) is 34.2 Å². The Hall–Kier alpha value is -2.97. The van der Waals surface area contributed by atoms with E-state index in [9.17, 15) is 19.1 Å². The van der Waals surface area contributed by atoms with Crippen LogP contribution in [-0.2, 0) is 16.0 Å². The molecule has 1 saturated carbocycles. The lowest BCUT2D eigenvalue weighted by Gasteiger charge is -2.15. The first-order valence-corrected chi connectivity index (χ1v) is 9.16. The van der Waals surface area contributed by atoms with Gasteiger partial charge >= 0.3 is 5.97 Å². The van der Waals surface area contributed by atoms with Gasteiger partial charge < -0.3 is 19.7 Å². The average Bonchev–Trinajstić information content (AvgIpc) is 3.35. The average molecular weight is 391 g/mol. The SMILES string of the molecule is COc1ccc(C(NC(=O)CCc2nc(C3CCCC3)no2)C(=O)O)cc1F. The first-order chi connectivity index (χ1) is 13.5. The Balaban J connectivity index is 1.58. The second kappa shape index (κ2) is 8.81. The van der Waals surface area contributed by atoms with Gasteiger partial charge in [0.1, 0.15) is 0 Å². The van der Waals surface area contributed by atoms with Crippen molar-refractivity contribution in [2.75, 3.05) is 7.11 Å². The van der Waals surface area contributed by atoms with Crippen molar-refractivity contribution < 1.29 is 28.3 Å². The third kappa shape index (κ3) is 4.65. The smallest absolute Gasteiger partial charge is 0.330 e. The van der Waals surface area contributed by atoms with Gasteiger partial charge in [0.2, 0.25) is 11.8 Å². The summed E-state index contributed by atoms with van der Waals surface area (Å²) in [7, 11) is 1.31. The summed E-state index contributed by atoms with van der Waals surface area (Å²) >= 11 is 0. The molecule has 0 spiro atoms. The number of hydrogen-bond acceptors (Lipinski definition) is 6. The van der Waals surface area contributed by atoms with Gasteiger partial charge in [-0.25, -0.2) is 9.18 Å². The number of methoxy groups -OCH3 is 1. The van der Waals surface area contributed by atoms with Crippen molar-refractivity contribution in [1.82, 2.24) is 15.5 Å². The molecule has 3 rings (SSSR count). The lowest BCUT2D eigenvalue weighted by Crippen LogP contribution is -2.34. The first-order valence-electron chi connectivity index (χ1n) is 9.16. The fourth-order valence-electron chi connectivity index (χ4n) is 3.32. The Labute approximate surface area is 161 Å². The molecule has 0 aliphatic heterocycles. The lowest BCUT2D eigenvalue weighted by molar-refractivity contribution is -0.142. The van der Waals surface area contributed by atoms with Gasteiger partial charge in [-0.2, -0.15) is 4.98 Å². The van der Waals surface area contributed by atoms with E-state index < -0.39 is 23.7 Å². The molecular weight excluding hydrogens is 369 g/mol. The largest absolute Gasteiger partial charge is 0.494 e. The number of carboxylic acids is 1. The molecule has 1 atom stereocenters. The summed E-state index contributed by atoms with van der Waals surface area (Å²) in [6.45, 7) is 0. The maximum atomic E-state index is 13.9. The Kier molecular flexibility index (Phi) is 6.23. The molecule has 2 aromatic rings. The number of ether oxygens (including phenoxy) is 1. The number of carbonyl (C=O) groups excluding carboxylic acids is 1. The van der Waals surface area contributed by atoms with Crippen molar-refractivity contribution >= 4 is 11.9 Å². The van der Waals surface area contributed by atoms with Gasteiger partial charge in [-0.15, -0.1) is 0 Å². The predicted molar refractivity (Wildman–Crippen MR) is 95.3 cm³/mol. The molecule has 1 fully saturated rings. The third-order valence-electron chi connectivity index (χ3n) is 4.83. The van der Waals surface area contributed by atoms with Crippen molar-refractivity contribution in [2.24, 2.45) is 0 Å². The maximum absolute atomic E-state index is 13.9. The highest BCUT2D eigenvalue weighted by Crippen LogP contribution is 2.32. The predicted octanol–water partition coefficient (Wildman–Crippen LogP) is 2.75. The van der Waals surface area contributed by atoms with Gasteiger partial charge in [-0.05, 0) is 30.5 Å². The molecule has 1 aromatic heterocycles. The highest BCUT2D eigenvalue weighted by molar-refractivity contribution is 5.84. The summed E-state index contributed by atoms with van der Waals surface area (Å²) < 4.78 is 23.9. The molecule has 0 bridgehead atoms. The van der Waals surface area contributed by atoms with Crippen LogP contribution in [0, 0.1) is 5.82 Å². The summed E-state index contributed by atoms with van der Waals surface area (Å²) in [4.78, 5) is 28.0. The first kappa shape index (κ1) is 19.8. The molecule has 1 heterocycles. The number of aromatic nitrogens is 2. The third-order valence-corrected chi connectivity index (χ3v) is 4.83. The number of carbonyl (C=O) groups is 2. The Morgan fingerprint density at radius 1 is 1.39 bits per heavy atom. The Bertz CT molecular complexity index is 848. The highest BCUT2D eigenvalue weighted by atomic mass is 19.1.